The van der Waals surface area contributed by atoms with Crippen LogP contribution in [0.15, 0.2) is 36.5 Å². The van der Waals surface area contributed by atoms with Gasteiger partial charge in [0.25, 0.3) is 0 Å². The van der Waals surface area contributed by atoms with Crippen molar-refractivity contribution in [2.24, 2.45) is 11.3 Å². The van der Waals surface area contributed by atoms with Gasteiger partial charge in [-0.3, -0.25) is 14.8 Å². The summed E-state index contributed by atoms with van der Waals surface area (Å²) in [6.07, 6.45) is 10.5. The number of aromatic amines is 1. The van der Waals surface area contributed by atoms with Crippen LogP contribution in [-0.4, -0.2) is 70.8 Å². The molecule has 2 aromatic carbocycles. The van der Waals surface area contributed by atoms with Gasteiger partial charge in [0.2, 0.25) is 5.91 Å². The van der Waals surface area contributed by atoms with E-state index < -0.39 is 0 Å². The molecule has 10 rings (SSSR count). The van der Waals surface area contributed by atoms with Gasteiger partial charge in [-0.05, 0) is 86.7 Å². The van der Waals surface area contributed by atoms with Gasteiger partial charge in [-0.15, -0.1) is 0 Å². The van der Waals surface area contributed by atoms with Crippen LogP contribution < -0.4 is 9.47 Å². The predicted molar refractivity (Wildman–Crippen MR) is 147 cm³/mol. The first-order valence-corrected chi connectivity index (χ1v) is 14.9. The van der Waals surface area contributed by atoms with E-state index in [-0.39, 0.29) is 28.9 Å². The van der Waals surface area contributed by atoms with E-state index in [1.54, 1.807) is 7.11 Å². The van der Waals surface area contributed by atoms with Gasteiger partial charge in [0.05, 0.1) is 31.3 Å². The normalized spacial score (nSPS) is 34.1. The highest BCUT2D eigenvalue weighted by atomic mass is 16.5. The molecule has 0 radical (unpaired) electrons. The molecule has 2 spiro atoms. The number of benzene rings is 2. The van der Waals surface area contributed by atoms with E-state index in [2.05, 4.69) is 44.3 Å². The van der Waals surface area contributed by atoms with Crippen molar-refractivity contribution in [3.05, 3.63) is 53.2 Å². The van der Waals surface area contributed by atoms with E-state index in [4.69, 9.17) is 9.47 Å². The lowest BCUT2D eigenvalue weighted by Gasteiger charge is -2.66. The third-order valence-electron chi connectivity index (χ3n) is 11.6. The van der Waals surface area contributed by atoms with Crippen LogP contribution in [0, 0.1) is 11.3 Å². The molecule has 3 aromatic rings. The topological polar surface area (TPSA) is 70.7 Å². The molecule has 39 heavy (non-hydrogen) atoms. The van der Waals surface area contributed by atoms with Crippen molar-refractivity contribution >= 4 is 16.8 Å². The minimum Gasteiger partial charge on any atom is -0.493 e. The molecule has 7 nitrogen and oxygen atoms in total. The molecule has 3 aliphatic carbocycles. The highest BCUT2D eigenvalue weighted by Crippen LogP contribution is 2.71. The molecule has 7 heteroatoms. The second-order valence-corrected chi connectivity index (χ2v) is 13.1. The maximum Gasteiger partial charge on any atom is 0.227 e. The molecule has 5 fully saturated rings. The van der Waals surface area contributed by atoms with E-state index in [0.717, 1.165) is 72.7 Å². The molecule has 4 aliphatic heterocycles. The van der Waals surface area contributed by atoms with Gasteiger partial charge < -0.3 is 14.4 Å². The number of rotatable bonds is 5. The molecule has 1 aromatic heterocycles. The van der Waals surface area contributed by atoms with Crippen LogP contribution in [-0.2, 0) is 23.1 Å². The molecular formula is C32H36N4O3. The lowest BCUT2D eigenvalue weighted by Crippen LogP contribution is -2.72. The van der Waals surface area contributed by atoms with Crippen LogP contribution in [0.5, 0.6) is 11.5 Å². The summed E-state index contributed by atoms with van der Waals surface area (Å²) in [4.78, 5) is 19.2. The molecule has 0 unspecified atom stereocenters. The molecule has 7 aliphatic rings. The van der Waals surface area contributed by atoms with Gasteiger partial charge in [0.1, 0.15) is 6.10 Å². The third-order valence-corrected chi connectivity index (χ3v) is 11.6. The average Bonchev–Trinajstić information content (AvgIpc) is 3.60. The molecule has 3 saturated heterocycles. The number of amides is 1. The van der Waals surface area contributed by atoms with Crippen LogP contribution in [0.1, 0.15) is 55.2 Å². The van der Waals surface area contributed by atoms with Gasteiger partial charge >= 0.3 is 0 Å². The van der Waals surface area contributed by atoms with E-state index in [1.165, 1.54) is 36.9 Å². The van der Waals surface area contributed by atoms with Crippen molar-refractivity contribution in [3.8, 4) is 11.5 Å². The lowest BCUT2D eigenvalue weighted by molar-refractivity contribution is -0.143. The Bertz CT molecular complexity index is 1510. The molecule has 2 saturated carbocycles. The number of hydrogen-bond donors (Lipinski definition) is 1. The standard InChI is InChI=1S/C32H36N4O3/c1-38-25-7-5-21-16-26-31-9-8-24(30-32(31,28(21)29(25)39-30)11-12-35(26)18-19-2-3-19)36(13-10-31)27(37)15-20-4-6-23-22(14-20)17-33-34-23/h4-7,14,17,19,24,26,30H,2-3,8-13,15-16,18H2,1H3,(H,33,34)/t24-,26-,30+,31-,32+/m1/s1. The fourth-order valence-electron chi connectivity index (χ4n) is 9.83. The Kier molecular flexibility index (Phi) is 4.53. The second kappa shape index (κ2) is 7.78. The minimum atomic E-state index is -0.0250. The van der Waals surface area contributed by atoms with Crippen LogP contribution in [0.25, 0.3) is 10.9 Å². The van der Waals surface area contributed by atoms with Crippen molar-refractivity contribution in [3.63, 3.8) is 0 Å². The highest BCUT2D eigenvalue weighted by Gasteiger charge is 2.74. The van der Waals surface area contributed by atoms with Crippen molar-refractivity contribution < 1.29 is 14.3 Å². The monoisotopic (exact) mass is 524 g/mol. The molecule has 1 N–H and O–H groups in total. The Labute approximate surface area is 228 Å². The fraction of sp³-hybridized carbons (Fsp3) is 0.562. The number of nitrogens with zero attached hydrogens (tertiary/aromatic N) is 3. The van der Waals surface area contributed by atoms with Crippen molar-refractivity contribution in [2.45, 2.75) is 75.0 Å². The number of carbonyl (C=O) groups is 1. The second-order valence-electron chi connectivity index (χ2n) is 13.1. The zero-order valence-corrected chi connectivity index (χ0v) is 22.6. The third kappa shape index (κ3) is 2.87. The van der Waals surface area contributed by atoms with Gasteiger partial charge in [0.15, 0.2) is 11.5 Å². The quantitative estimate of drug-likeness (QED) is 0.541. The largest absolute Gasteiger partial charge is 0.493 e. The number of methoxy groups -OCH3 is 1. The highest BCUT2D eigenvalue weighted by molar-refractivity contribution is 5.83. The molecule has 5 heterocycles. The number of aromatic nitrogens is 2. The maximum absolute atomic E-state index is 14.1. The summed E-state index contributed by atoms with van der Waals surface area (Å²) in [5.41, 5.74) is 5.09. The summed E-state index contributed by atoms with van der Waals surface area (Å²) in [5.74, 6) is 2.94. The number of ether oxygens (including phenoxy) is 2. The van der Waals surface area contributed by atoms with Crippen LogP contribution in [0.4, 0.5) is 0 Å². The summed E-state index contributed by atoms with van der Waals surface area (Å²) in [5, 5.41) is 8.22. The maximum atomic E-state index is 14.1. The van der Waals surface area contributed by atoms with Crippen molar-refractivity contribution in [1.29, 1.82) is 0 Å². The number of fused-ring (bicyclic) bond motifs is 4. The summed E-state index contributed by atoms with van der Waals surface area (Å²) in [6.45, 7) is 3.22. The zero-order valence-electron chi connectivity index (χ0n) is 22.6. The van der Waals surface area contributed by atoms with Crippen LogP contribution >= 0.6 is 0 Å². The van der Waals surface area contributed by atoms with E-state index in [9.17, 15) is 4.79 Å². The predicted octanol–water partition coefficient (Wildman–Crippen LogP) is 4.23. The van der Waals surface area contributed by atoms with E-state index in [1.807, 2.05) is 12.3 Å². The molecule has 1 amide bonds. The Morgan fingerprint density at radius 3 is 2.95 bits per heavy atom. The number of likely N-dealkylation sites (tertiary alicyclic amines) is 1. The van der Waals surface area contributed by atoms with Gasteiger partial charge in [-0.2, -0.15) is 5.10 Å². The van der Waals surface area contributed by atoms with Crippen LogP contribution in [0.2, 0.25) is 0 Å². The minimum absolute atomic E-state index is 0.00461. The Morgan fingerprint density at radius 1 is 1.15 bits per heavy atom. The molecule has 202 valence electrons. The zero-order chi connectivity index (χ0) is 25.9. The first-order chi connectivity index (χ1) is 19.1. The fourth-order valence-corrected chi connectivity index (χ4v) is 9.83. The number of H-pyrrole nitrogens is 1. The summed E-state index contributed by atoms with van der Waals surface area (Å²) in [7, 11) is 1.76. The summed E-state index contributed by atoms with van der Waals surface area (Å²) in [6, 6.07) is 11.3. The Balaban J connectivity index is 1.14. The smallest absolute Gasteiger partial charge is 0.227 e. The van der Waals surface area contributed by atoms with Crippen molar-refractivity contribution in [1.82, 2.24) is 20.0 Å². The van der Waals surface area contributed by atoms with Gasteiger partial charge in [-0.25, -0.2) is 0 Å². The number of piperidine rings is 1. The van der Waals surface area contributed by atoms with Gasteiger partial charge in [0, 0.05) is 40.9 Å². The molecule has 5 atom stereocenters. The van der Waals surface area contributed by atoms with Crippen molar-refractivity contribution in [2.75, 3.05) is 26.7 Å². The Morgan fingerprint density at radius 2 is 2.08 bits per heavy atom. The number of hydrogen-bond acceptors (Lipinski definition) is 5. The summed E-state index contributed by atoms with van der Waals surface area (Å²) >= 11 is 0. The first kappa shape index (κ1) is 22.7. The SMILES string of the molecule is COc1ccc2c3c1O[C@H]1[C@H]4CC[C@@]5(CCN4C(=O)Cc4ccc6[nH]ncc6c4)[C@@H](C2)N(CC2CC2)CC[C@]315. The first-order valence-electron chi connectivity index (χ1n) is 14.9. The number of carbonyl (C=O) groups excluding carboxylic acids is 1. The average molecular weight is 525 g/mol. The molecule has 4 bridgehead atoms. The van der Waals surface area contributed by atoms with E-state index >= 15 is 0 Å². The lowest BCUT2D eigenvalue weighted by atomic mass is 9.42. The summed E-state index contributed by atoms with van der Waals surface area (Å²) < 4.78 is 12.9. The molecular weight excluding hydrogens is 488 g/mol. The van der Waals surface area contributed by atoms with Gasteiger partial charge in [-0.1, -0.05) is 12.1 Å². The number of nitrogens with one attached hydrogen (secondary N) is 1. The Hall–Kier alpha value is -3.06. The van der Waals surface area contributed by atoms with E-state index in [0.29, 0.717) is 12.5 Å². The van der Waals surface area contributed by atoms with Crippen LogP contribution in [0.3, 0.4) is 0 Å².